The van der Waals surface area contributed by atoms with Crippen molar-refractivity contribution >= 4 is 35.4 Å². The Labute approximate surface area is 107 Å². The van der Waals surface area contributed by atoms with Crippen LogP contribution in [0.1, 0.15) is 11.4 Å². The average Bonchev–Trinajstić information content (AvgIpc) is 2.27. The number of pyridine rings is 2. The fourth-order valence-electron chi connectivity index (χ4n) is 1.21. The van der Waals surface area contributed by atoms with Gasteiger partial charge in [-0.1, -0.05) is 0 Å². The third kappa shape index (κ3) is 3.43. The van der Waals surface area contributed by atoms with E-state index in [0.29, 0.717) is 26.3 Å². The molecule has 16 heavy (non-hydrogen) atoms. The van der Waals surface area contributed by atoms with Crippen molar-refractivity contribution in [1.29, 1.82) is 0 Å². The zero-order valence-electron chi connectivity index (χ0n) is 9.18. The molecule has 2 aromatic rings. The van der Waals surface area contributed by atoms with Crippen LogP contribution in [0.5, 0.6) is 0 Å². The molecule has 0 fully saturated rings. The maximum absolute atomic E-state index is 4.53. The molecule has 0 aliphatic heterocycles. The summed E-state index contributed by atoms with van der Waals surface area (Å²) >= 11 is 0.889. The topological polar surface area (TPSA) is 25.8 Å². The van der Waals surface area contributed by atoms with Crippen molar-refractivity contribution in [2.75, 3.05) is 0 Å². The van der Waals surface area contributed by atoms with E-state index in [-0.39, 0.29) is 0 Å². The summed E-state index contributed by atoms with van der Waals surface area (Å²) in [5.41, 5.74) is 2.21. The number of nitrogens with zero attached hydrogens (tertiary/aromatic N) is 2. The molecule has 2 aromatic heterocycles. The summed E-state index contributed by atoms with van der Waals surface area (Å²) in [6, 6.07) is 12.5. The Morgan fingerprint density at radius 1 is 0.750 bits per heavy atom. The van der Waals surface area contributed by atoms with Crippen molar-refractivity contribution in [2.45, 2.75) is 13.8 Å². The fourth-order valence-corrected chi connectivity index (χ4v) is 6.78. The average molecular weight is 342 g/mol. The van der Waals surface area contributed by atoms with Crippen molar-refractivity contribution in [3.05, 3.63) is 47.8 Å². The predicted molar refractivity (Wildman–Crippen MR) is 68.7 cm³/mol. The van der Waals surface area contributed by atoms with E-state index in [1.807, 2.05) is 26.0 Å². The summed E-state index contributed by atoms with van der Waals surface area (Å²) < 4.78 is 2.46. The molecule has 0 saturated heterocycles. The minimum atomic E-state index is 0.444. The molecule has 0 atom stereocenters. The van der Waals surface area contributed by atoms with Crippen molar-refractivity contribution in [1.82, 2.24) is 9.97 Å². The number of hydrogen-bond donors (Lipinski definition) is 0. The van der Waals surface area contributed by atoms with Crippen LogP contribution in [0.4, 0.5) is 0 Å². The van der Waals surface area contributed by atoms with Gasteiger partial charge in [0.1, 0.15) is 0 Å². The standard InChI is InChI=1S/C12H12N2Se2/c1-9-5-3-7-11(13-9)15-16-12-8-4-6-10(2)14-12/h3-8H,1-2H3. The van der Waals surface area contributed by atoms with Crippen molar-refractivity contribution in [3.8, 4) is 0 Å². The van der Waals surface area contributed by atoms with E-state index in [1.165, 1.54) is 9.18 Å². The molecule has 4 heteroatoms. The van der Waals surface area contributed by atoms with E-state index in [4.69, 9.17) is 0 Å². The molecule has 2 nitrogen and oxygen atoms in total. The third-order valence-electron chi connectivity index (χ3n) is 1.94. The van der Waals surface area contributed by atoms with Crippen LogP contribution in [0.15, 0.2) is 36.4 Å². The molecular formula is C12H12N2Se2. The first-order chi connectivity index (χ1) is 7.74. The second-order valence-corrected chi connectivity index (χ2v) is 9.49. The molecule has 2 heterocycles. The van der Waals surface area contributed by atoms with Crippen molar-refractivity contribution in [3.63, 3.8) is 0 Å². The van der Waals surface area contributed by atoms with E-state index >= 15 is 0 Å². The van der Waals surface area contributed by atoms with Crippen LogP contribution in [-0.4, -0.2) is 36.2 Å². The Kier molecular flexibility index (Phi) is 4.14. The quantitative estimate of drug-likeness (QED) is 0.754. The normalized spacial score (nSPS) is 10.4. The molecule has 0 bridgehead atoms. The van der Waals surface area contributed by atoms with E-state index < -0.39 is 0 Å². The van der Waals surface area contributed by atoms with Gasteiger partial charge in [-0.15, -0.1) is 0 Å². The Hall–Kier alpha value is -0.661. The van der Waals surface area contributed by atoms with Crippen molar-refractivity contribution in [2.24, 2.45) is 0 Å². The summed E-state index contributed by atoms with van der Waals surface area (Å²) in [6.45, 7) is 4.08. The number of hydrogen-bond acceptors (Lipinski definition) is 2. The second kappa shape index (κ2) is 5.60. The van der Waals surface area contributed by atoms with Crippen LogP contribution in [0, 0.1) is 13.8 Å². The molecule has 0 radical (unpaired) electrons. The van der Waals surface area contributed by atoms with Gasteiger partial charge in [-0.25, -0.2) is 0 Å². The third-order valence-corrected chi connectivity index (χ3v) is 8.42. The zero-order valence-corrected chi connectivity index (χ0v) is 12.6. The molecule has 0 aromatic carbocycles. The SMILES string of the molecule is Cc1cccc([Se][Se]c2cccc(C)n2)n1. The van der Waals surface area contributed by atoms with Gasteiger partial charge in [-0.3, -0.25) is 0 Å². The summed E-state index contributed by atoms with van der Waals surface area (Å²) in [4.78, 5) is 9.05. The monoisotopic (exact) mass is 344 g/mol. The molecular weight excluding hydrogens is 330 g/mol. The van der Waals surface area contributed by atoms with E-state index in [0.717, 1.165) is 11.4 Å². The van der Waals surface area contributed by atoms with Crippen LogP contribution in [0.3, 0.4) is 0 Å². The van der Waals surface area contributed by atoms with Gasteiger partial charge in [0.2, 0.25) is 0 Å². The van der Waals surface area contributed by atoms with Gasteiger partial charge in [-0.2, -0.15) is 0 Å². The maximum atomic E-state index is 4.53. The Bertz CT molecular complexity index is 440. The van der Waals surface area contributed by atoms with E-state index in [9.17, 15) is 0 Å². The first kappa shape index (κ1) is 11.8. The van der Waals surface area contributed by atoms with Crippen LogP contribution < -0.4 is 9.18 Å². The second-order valence-electron chi connectivity index (χ2n) is 3.40. The summed E-state index contributed by atoms with van der Waals surface area (Å²) in [6.07, 6.45) is 0. The zero-order chi connectivity index (χ0) is 11.4. The van der Waals surface area contributed by atoms with E-state index in [1.54, 1.807) is 0 Å². The van der Waals surface area contributed by atoms with Crippen LogP contribution in [0.25, 0.3) is 0 Å². The van der Waals surface area contributed by atoms with Crippen LogP contribution in [-0.2, 0) is 0 Å². The number of aromatic nitrogens is 2. The van der Waals surface area contributed by atoms with Crippen LogP contribution in [0.2, 0.25) is 0 Å². The number of rotatable bonds is 3. The first-order valence-corrected chi connectivity index (χ1v) is 11.0. The molecule has 0 spiro atoms. The molecule has 0 N–H and O–H groups in total. The summed E-state index contributed by atoms with van der Waals surface area (Å²) in [7, 11) is 0. The number of aryl methyl sites for hydroxylation is 2. The predicted octanol–water partition coefficient (Wildman–Crippen LogP) is 0.368. The molecule has 0 aliphatic carbocycles. The molecule has 0 amide bonds. The fraction of sp³-hybridized carbons (Fsp3) is 0.167. The molecule has 0 saturated carbocycles. The summed E-state index contributed by atoms with van der Waals surface area (Å²) in [5, 5.41) is 0. The molecule has 82 valence electrons. The van der Waals surface area contributed by atoms with Gasteiger partial charge in [0, 0.05) is 0 Å². The van der Waals surface area contributed by atoms with Gasteiger partial charge in [-0.05, 0) is 0 Å². The van der Waals surface area contributed by atoms with Crippen molar-refractivity contribution < 1.29 is 0 Å². The van der Waals surface area contributed by atoms with Gasteiger partial charge in [0.15, 0.2) is 0 Å². The van der Waals surface area contributed by atoms with Gasteiger partial charge in [0.05, 0.1) is 0 Å². The van der Waals surface area contributed by atoms with Gasteiger partial charge < -0.3 is 0 Å². The minimum absolute atomic E-state index is 0.444. The molecule has 0 aliphatic rings. The summed E-state index contributed by atoms with van der Waals surface area (Å²) in [5.74, 6) is 0. The Morgan fingerprint density at radius 2 is 1.19 bits per heavy atom. The first-order valence-electron chi connectivity index (χ1n) is 4.96. The Morgan fingerprint density at radius 3 is 1.56 bits per heavy atom. The molecule has 0 unspecified atom stereocenters. The van der Waals surface area contributed by atoms with Crippen LogP contribution >= 0.6 is 0 Å². The van der Waals surface area contributed by atoms with Gasteiger partial charge in [0.25, 0.3) is 0 Å². The van der Waals surface area contributed by atoms with Gasteiger partial charge >= 0.3 is 107 Å². The van der Waals surface area contributed by atoms with E-state index in [2.05, 4.69) is 34.2 Å². The Balaban J connectivity index is 2.02. The molecule has 2 rings (SSSR count).